The van der Waals surface area contributed by atoms with Gasteiger partial charge in [0.25, 0.3) is 17.4 Å². The number of carbonyl (C=O) groups is 2. The second kappa shape index (κ2) is 12.4. The largest absolute Gasteiger partial charge is 0.352 e. The van der Waals surface area contributed by atoms with Crippen LogP contribution in [0.5, 0.6) is 0 Å². The molecule has 2 amide bonds. The van der Waals surface area contributed by atoms with Gasteiger partial charge in [0.2, 0.25) is 0 Å². The topological polar surface area (TPSA) is 83.4 Å². The van der Waals surface area contributed by atoms with Gasteiger partial charge in [0.15, 0.2) is 0 Å². The van der Waals surface area contributed by atoms with Gasteiger partial charge in [0.05, 0.1) is 5.56 Å². The normalized spacial score (nSPS) is 15.0. The number of pyridine rings is 1. The molecule has 7 nitrogen and oxygen atoms in total. The summed E-state index contributed by atoms with van der Waals surface area (Å²) in [5.41, 5.74) is 3.93. The van der Waals surface area contributed by atoms with Crippen molar-refractivity contribution < 1.29 is 9.59 Å². The van der Waals surface area contributed by atoms with Crippen LogP contribution in [-0.4, -0.2) is 54.0 Å². The molecular weight excluding hydrogens is 500 g/mol. The lowest BCUT2D eigenvalue weighted by Gasteiger charge is -2.17. The quantitative estimate of drug-likeness (QED) is 0.293. The fourth-order valence-electron chi connectivity index (χ4n) is 5.21. The average Bonchev–Trinajstić information content (AvgIpc) is 3.89. The summed E-state index contributed by atoms with van der Waals surface area (Å²) in [6.45, 7) is 7.42. The molecule has 2 aliphatic rings. The van der Waals surface area contributed by atoms with Gasteiger partial charge < -0.3 is 20.1 Å². The molecule has 212 valence electrons. The van der Waals surface area contributed by atoms with Gasteiger partial charge in [0, 0.05) is 41.7 Å². The van der Waals surface area contributed by atoms with Crippen molar-refractivity contribution in [3.63, 3.8) is 0 Å². The maximum Gasteiger partial charge on any atom is 0.258 e. The van der Waals surface area contributed by atoms with Gasteiger partial charge in [-0.3, -0.25) is 14.4 Å². The first-order valence-corrected chi connectivity index (χ1v) is 14.9. The highest BCUT2D eigenvalue weighted by Crippen LogP contribution is 2.32. The Bertz CT molecular complexity index is 1450. The molecule has 3 aromatic rings. The molecule has 2 aliphatic carbocycles. The van der Waals surface area contributed by atoms with Crippen molar-refractivity contribution in [2.75, 3.05) is 26.7 Å². The molecule has 2 fully saturated rings. The maximum absolute atomic E-state index is 13.5. The highest BCUT2D eigenvalue weighted by Gasteiger charge is 2.25. The number of aryl methyl sites for hydroxylation is 1. The molecule has 5 rings (SSSR count). The molecule has 0 bridgehead atoms. The fourth-order valence-corrected chi connectivity index (χ4v) is 5.21. The summed E-state index contributed by atoms with van der Waals surface area (Å²) < 4.78 is 1.72. The third-order valence-electron chi connectivity index (χ3n) is 8.10. The molecule has 7 heteroatoms. The van der Waals surface area contributed by atoms with Crippen LogP contribution in [0.15, 0.2) is 47.4 Å². The van der Waals surface area contributed by atoms with E-state index in [1.54, 1.807) is 10.8 Å². The maximum atomic E-state index is 13.5. The predicted molar refractivity (Wildman–Crippen MR) is 161 cm³/mol. The second-order valence-corrected chi connectivity index (χ2v) is 11.7. The zero-order valence-electron chi connectivity index (χ0n) is 24.1. The molecule has 0 aliphatic heterocycles. The first kappa shape index (κ1) is 28.1. The molecule has 0 saturated heterocycles. The van der Waals surface area contributed by atoms with Crippen LogP contribution in [-0.2, 0) is 6.54 Å². The van der Waals surface area contributed by atoms with Gasteiger partial charge in [-0.2, -0.15) is 0 Å². The number of carbonyl (C=O) groups excluding carboxylic acids is 2. The summed E-state index contributed by atoms with van der Waals surface area (Å²) in [5.74, 6) is 0.293. The van der Waals surface area contributed by atoms with E-state index in [9.17, 15) is 14.4 Å². The Morgan fingerprint density at radius 2 is 1.75 bits per heavy atom. The van der Waals surface area contributed by atoms with Crippen molar-refractivity contribution in [3.8, 4) is 11.1 Å². The van der Waals surface area contributed by atoms with Crippen LogP contribution in [0, 0.1) is 12.8 Å². The van der Waals surface area contributed by atoms with Crippen molar-refractivity contribution in [3.05, 3.63) is 69.6 Å². The average molecular weight is 543 g/mol. The van der Waals surface area contributed by atoms with Crippen molar-refractivity contribution >= 4 is 22.6 Å². The number of nitrogens with zero attached hydrogens (tertiary/aromatic N) is 2. The monoisotopic (exact) mass is 542 g/mol. The van der Waals surface area contributed by atoms with E-state index in [1.807, 2.05) is 43.3 Å². The highest BCUT2D eigenvalue weighted by atomic mass is 16.2. The standard InChI is InChI=1S/C33H42N4O3/c1-4-5-16-36(3)17-6-15-34-32(39)30-21-37(20-23-8-9-23)33(40)27-14-11-24(18-29(27)30)28-19-25(10-7-22(28)2)31(38)35-26-12-13-26/h7,10-11,14,18-19,21,23,26H,4-6,8-9,12-13,15-17,20H2,1-3H3,(H,34,39)(H,35,38). The van der Waals surface area contributed by atoms with E-state index in [4.69, 9.17) is 0 Å². The van der Waals surface area contributed by atoms with Crippen molar-refractivity contribution in [1.82, 2.24) is 20.1 Å². The Hall–Kier alpha value is -3.45. The summed E-state index contributed by atoms with van der Waals surface area (Å²) in [6, 6.07) is 11.7. The van der Waals surface area contributed by atoms with Crippen molar-refractivity contribution in [2.24, 2.45) is 5.92 Å². The summed E-state index contributed by atoms with van der Waals surface area (Å²) in [5, 5.41) is 7.37. The Labute approximate surface area is 237 Å². The first-order chi connectivity index (χ1) is 19.3. The second-order valence-electron chi connectivity index (χ2n) is 11.7. The SMILES string of the molecule is CCCCN(C)CCCNC(=O)c1cn(CC2CC2)c(=O)c2ccc(-c3cc(C(=O)NC4CC4)ccc3C)cc12. The summed E-state index contributed by atoms with van der Waals surface area (Å²) in [7, 11) is 2.12. The Balaban J connectivity index is 1.44. The van der Waals surface area contributed by atoms with Gasteiger partial charge in [-0.05, 0) is 112 Å². The smallest absolute Gasteiger partial charge is 0.258 e. The first-order valence-electron chi connectivity index (χ1n) is 14.9. The number of rotatable bonds is 13. The van der Waals surface area contributed by atoms with Crippen LogP contribution >= 0.6 is 0 Å². The Morgan fingerprint density at radius 3 is 2.48 bits per heavy atom. The van der Waals surface area contributed by atoms with Crippen LogP contribution < -0.4 is 16.2 Å². The molecule has 1 heterocycles. The van der Waals surface area contributed by atoms with E-state index in [2.05, 4.69) is 29.5 Å². The number of unbranched alkanes of at least 4 members (excludes halogenated alkanes) is 1. The molecule has 0 atom stereocenters. The lowest BCUT2D eigenvalue weighted by atomic mass is 9.94. The number of aromatic nitrogens is 1. The Kier molecular flexibility index (Phi) is 8.69. The molecule has 2 N–H and O–H groups in total. The van der Waals surface area contributed by atoms with E-state index in [0.29, 0.717) is 40.9 Å². The summed E-state index contributed by atoms with van der Waals surface area (Å²) >= 11 is 0. The van der Waals surface area contributed by atoms with Crippen LogP contribution in [0.2, 0.25) is 0 Å². The van der Waals surface area contributed by atoms with Crippen LogP contribution in [0.4, 0.5) is 0 Å². The number of benzene rings is 2. The number of nitrogens with one attached hydrogen (secondary N) is 2. The van der Waals surface area contributed by atoms with Gasteiger partial charge in [0.1, 0.15) is 0 Å². The Morgan fingerprint density at radius 1 is 0.975 bits per heavy atom. The van der Waals surface area contributed by atoms with E-state index in [0.717, 1.165) is 61.9 Å². The summed E-state index contributed by atoms with van der Waals surface area (Å²) in [6.07, 6.45) is 9.29. The molecule has 0 spiro atoms. The number of hydrogen-bond acceptors (Lipinski definition) is 4. The molecule has 0 radical (unpaired) electrons. The lowest BCUT2D eigenvalue weighted by Crippen LogP contribution is -2.30. The third-order valence-corrected chi connectivity index (χ3v) is 8.10. The van der Waals surface area contributed by atoms with Crippen LogP contribution in [0.1, 0.15) is 78.1 Å². The molecule has 2 aromatic carbocycles. The molecule has 1 aromatic heterocycles. The van der Waals surface area contributed by atoms with E-state index in [-0.39, 0.29) is 23.4 Å². The minimum absolute atomic E-state index is 0.0585. The number of amides is 2. The number of fused-ring (bicyclic) bond motifs is 1. The van der Waals surface area contributed by atoms with E-state index in [1.165, 1.54) is 12.8 Å². The van der Waals surface area contributed by atoms with Crippen LogP contribution in [0.3, 0.4) is 0 Å². The highest BCUT2D eigenvalue weighted by molar-refractivity contribution is 6.07. The molecule has 0 unspecified atom stereocenters. The molecule has 40 heavy (non-hydrogen) atoms. The minimum atomic E-state index is -0.155. The minimum Gasteiger partial charge on any atom is -0.352 e. The lowest BCUT2D eigenvalue weighted by molar-refractivity contribution is 0.0943. The number of hydrogen-bond donors (Lipinski definition) is 2. The van der Waals surface area contributed by atoms with E-state index >= 15 is 0 Å². The van der Waals surface area contributed by atoms with Crippen LogP contribution in [0.25, 0.3) is 21.9 Å². The zero-order valence-corrected chi connectivity index (χ0v) is 24.1. The van der Waals surface area contributed by atoms with Gasteiger partial charge >= 0.3 is 0 Å². The third kappa shape index (κ3) is 6.81. The van der Waals surface area contributed by atoms with Gasteiger partial charge in [-0.15, -0.1) is 0 Å². The fraction of sp³-hybridized carbons (Fsp3) is 0.485. The predicted octanol–water partition coefficient (Wildman–Crippen LogP) is 5.13. The van der Waals surface area contributed by atoms with E-state index < -0.39 is 0 Å². The molecule has 2 saturated carbocycles. The zero-order chi connectivity index (χ0) is 28.2. The van der Waals surface area contributed by atoms with Gasteiger partial charge in [-0.25, -0.2) is 0 Å². The van der Waals surface area contributed by atoms with Crippen molar-refractivity contribution in [2.45, 2.75) is 71.4 Å². The van der Waals surface area contributed by atoms with Crippen molar-refractivity contribution in [1.29, 1.82) is 0 Å². The van der Waals surface area contributed by atoms with Gasteiger partial charge in [-0.1, -0.05) is 25.5 Å². The molecular formula is C33H42N4O3. The summed E-state index contributed by atoms with van der Waals surface area (Å²) in [4.78, 5) is 42.0.